The SMILES string of the molecule is CCc1cc(=O)[nH]c(N/N=C\c2ccc(OCc3ccc(C)cc3)c(OC)c2)n1. The van der Waals surface area contributed by atoms with Crippen molar-refractivity contribution in [1.82, 2.24) is 9.97 Å². The average molecular weight is 392 g/mol. The number of aryl methyl sites for hydroxylation is 2. The molecule has 7 nitrogen and oxygen atoms in total. The number of methoxy groups -OCH3 is 1. The Labute approximate surface area is 169 Å². The lowest BCUT2D eigenvalue weighted by atomic mass is 10.2. The van der Waals surface area contributed by atoms with Gasteiger partial charge in [-0.25, -0.2) is 10.4 Å². The van der Waals surface area contributed by atoms with Gasteiger partial charge >= 0.3 is 0 Å². The van der Waals surface area contributed by atoms with Crippen molar-refractivity contribution in [3.05, 3.63) is 81.3 Å². The number of rotatable bonds is 8. The van der Waals surface area contributed by atoms with Gasteiger partial charge in [-0.1, -0.05) is 36.8 Å². The lowest BCUT2D eigenvalue weighted by molar-refractivity contribution is 0.284. The van der Waals surface area contributed by atoms with Crippen molar-refractivity contribution in [3.63, 3.8) is 0 Å². The highest BCUT2D eigenvalue weighted by Gasteiger charge is 2.06. The van der Waals surface area contributed by atoms with E-state index in [1.54, 1.807) is 13.3 Å². The number of benzene rings is 2. The van der Waals surface area contributed by atoms with Crippen LogP contribution in [0.25, 0.3) is 0 Å². The first-order valence-electron chi connectivity index (χ1n) is 9.33. The third-order valence-corrected chi connectivity index (χ3v) is 4.24. The molecule has 0 bridgehead atoms. The predicted octanol–water partition coefficient (Wildman–Crippen LogP) is 3.67. The molecular formula is C22H24N4O3. The number of hydrazone groups is 1. The lowest BCUT2D eigenvalue weighted by Crippen LogP contribution is -2.11. The van der Waals surface area contributed by atoms with Gasteiger partial charge in [0.15, 0.2) is 11.5 Å². The number of hydrogen-bond acceptors (Lipinski definition) is 6. The van der Waals surface area contributed by atoms with Crippen LogP contribution in [0.5, 0.6) is 11.5 Å². The van der Waals surface area contributed by atoms with E-state index < -0.39 is 0 Å². The van der Waals surface area contributed by atoms with E-state index in [1.165, 1.54) is 11.6 Å². The van der Waals surface area contributed by atoms with E-state index in [1.807, 2.05) is 37.3 Å². The molecule has 0 aliphatic heterocycles. The molecule has 150 valence electrons. The fourth-order valence-electron chi connectivity index (χ4n) is 2.64. The molecule has 0 unspecified atom stereocenters. The van der Waals surface area contributed by atoms with Gasteiger partial charge in [0, 0.05) is 11.8 Å². The van der Waals surface area contributed by atoms with Gasteiger partial charge in [0.25, 0.3) is 5.56 Å². The summed E-state index contributed by atoms with van der Waals surface area (Å²) in [7, 11) is 1.60. The van der Waals surface area contributed by atoms with E-state index in [4.69, 9.17) is 9.47 Å². The van der Waals surface area contributed by atoms with E-state index in [0.29, 0.717) is 36.2 Å². The molecule has 3 aromatic rings. The number of hydrogen-bond donors (Lipinski definition) is 2. The van der Waals surface area contributed by atoms with Crippen LogP contribution in [0.2, 0.25) is 0 Å². The quantitative estimate of drug-likeness (QED) is 0.451. The number of aromatic amines is 1. The molecule has 0 aliphatic carbocycles. The van der Waals surface area contributed by atoms with Crippen molar-refractivity contribution in [2.45, 2.75) is 26.9 Å². The molecular weight excluding hydrogens is 368 g/mol. The van der Waals surface area contributed by atoms with Crippen LogP contribution in [0.15, 0.2) is 58.4 Å². The standard InChI is InChI=1S/C22H24N4O3/c1-4-18-12-21(27)25-22(24-18)26-23-13-17-9-10-19(20(11-17)28-3)29-14-16-7-5-15(2)6-8-16/h5-13H,4,14H2,1-3H3,(H2,24,25,26,27)/b23-13-. The summed E-state index contributed by atoms with van der Waals surface area (Å²) in [6.07, 6.45) is 2.29. The summed E-state index contributed by atoms with van der Waals surface area (Å²) in [6.45, 7) is 4.44. The van der Waals surface area contributed by atoms with Crippen molar-refractivity contribution < 1.29 is 9.47 Å². The molecule has 0 saturated carbocycles. The Kier molecular flexibility index (Phi) is 6.63. The van der Waals surface area contributed by atoms with Gasteiger partial charge < -0.3 is 9.47 Å². The fourth-order valence-corrected chi connectivity index (χ4v) is 2.64. The van der Waals surface area contributed by atoms with Crippen LogP contribution in [0.1, 0.15) is 29.3 Å². The molecule has 0 spiro atoms. The van der Waals surface area contributed by atoms with Crippen molar-refractivity contribution in [2.24, 2.45) is 5.10 Å². The number of aromatic nitrogens is 2. The van der Waals surface area contributed by atoms with Gasteiger partial charge in [-0.15, -0.1) is 0 Å². The topological polar surface area (TPSA) is 88.6 Å². The van der Waals surface area contributed by atoms with Gasteiger partial charge in [-0.2, -0.15) is 5.10 Å². The monoisotopic (exact) mass is 392 g/mol. The lowest BCUT2D eigenvalue weighted by Gasteiger charge is -2.11. The van der Waals surface area contributed by atoms with Gasteiger partial charge in [0.05, 0.1) is 13.3 Å². The summed E-state index contributed by atoms with van der Waals surface area (Å²) < 4.78 is 11.3. The Morgan fingerprint density at radius 1 is 1.14 bits per heavy atom. The maximum atomic E-state index is 11.6. The van der Waals surface area contributed by atoms with Crippen LogP contribution >= 0.6 is 0 Å². The summed E-state index contributed by atoms with van der Waals surface area (Å²) in [5, 5.41) is 4.13. The Bertz CT molecular complexity index is 1040. The molecule has 1 heterocycles. The third kappa shape index (κ3) is 5.68. The van der Waals surface area contributed by atoms with Crippen molar-refractivity contribution >= 4 is 12.2 Å². The minimum atomic E-state index is -0.216. The maximum absolute atomic E-state index is 11.6. The minimum absolute atomic E-state index is 0.216. The Morgan fingerprint density at radius 2 is 1.93 bits per heavy atom. The van der Waals surface area contributed by atoms with Gasteiger partial charge in [-0.05, 0) is 42.7 Å². The number of ether oxygens (including phenoxy) is 2. The normalized spacial score (nSPS) is 10.9. The first kappa shape index (κ1) is 20.1. The van der Waals surface area contributed by atoms with Crippen LogP contribution in [0.4, 0.5) is 5.95 Å². The smallest absolute Gasteiger partial charge is 0.252 e. The third-order valence-electron chi connectivity index (χ3n) is 4.24. The molecule has 2 aromatic carbocycles. The highest BCUT2D eigenvalue weighted by molar-refractivity contribution is 5.81. The summed E-state index contributed by atoms with van der Waals surface area (Å²) >= 11 is 0. The van der Waals surface area contributed by atoms with Crippen LogP contribution in [-0.4, -0.2) is 23.3 Å². The predicted molar refractivity (Wildman–Crippen MR) is 114 cm³/mol. The van der Waals surface area contributed by atoms with E-state index in [9.17, 15) is 4.79 Å². The second-order valence-corrected chi connectivity index (χ2v) is 6.49. The molecule has 7 heteroatoms. The van der Waals surface area contributed by atoms with Crippen LogP contribution in [-0.2, 0) is 13.0 Å². The summed E-state index contributed by atoms with van der Waals surface area (Å²) in [5.41, 5.74) is 6.33. The second kappa shape index (κ2) is 9.54. The van der Waals surface area contributed by atoms with E-state index >= 15 is 0 Å². The fraction of sp³-hybridized carbons (Fsp3) is 0.227. The molecule has 0 atom stereocenters. The molecule has 0 aliphatic rings. The van der Waals surface area contributed by atoms with Gasteiger partial charge in [0.2, 0.25) is 5.95 Å². The Morgan fingerprint density at radius 3 is 2.66 bits per heavy atom. The zero-order chi connectivity index (χ0) is 20.6. The molecule has 0 radical (unpaired) electrons. The number of H-pyrrole nitrogens is 1. The number of anilines is 1. The van der Waals surface area contributed by atoms with Crippen molar-refractivity contribution in [1.29, 1.82) is 0 Å². The van der Waals surface area contributed by atoms with Crippen LogP contribution in [0.3, 0.4) is 0 Å². The molecule has 1 aromatic heterocycles. The summed E-state index contributed by atoms with van der Waals surface area (Å²) in [5.74, 6) is 1.57. The Balaban J connectivity index is 1.66. The Hall–Kier alpha value is -3.61. The van der Waals surface area contributed by atoms with Gasteiger partial charge in [0.1, 0.15) is 6.61 Å². The van der Waals surface area contributed by atoms with Crippen LogP contribution in [0, 0.1) is 6.92 Å². The largest absolute Gasteiger partial charge is 0.493 e. The minimum Gasteiger partial charge on any atom is -0.493 e. The van der Waals surface area contributed by atoms with E-state index in [2.05, 4.69) is 39.6 Å². The van der Waals surface area contributed by atoms with Crippen LogP contribution < -0.4 is 20.5 Å². The van der Waals surface area contributed by atoms with Crippen molar-refractivity contribution in [2.75, 3.05) is 12.5 Å². The number of nitrogens with one attached hydrogen (secondary N) is 2. The molecule has 0 amide bonds. The summed E-state index contributed by atoms with van der Waals surface area (Å²) in [6, 6.07) is 15.2. The zero-order valence-corrected chi connectivity index (χ0v) is 16.7. The molecule has 0 fully saturated rings. The second-order valence-electron chi connectivity index (χ2n) is 6.49. The number of nitrogens with zero attached hydrogens (tertiary/aromatic N) is 2. The summed E-state index contributed by atoms with van der Waals surface area (Å²) in [4.78, 5) is 18.5. The molecule has 29 heavy (non-hydrogen) atoms. The molecule has 2 N–H and O–H groups in total. The average Bonchev–Trinajstić information content (AvgIpc) is 2.73. The van der Waals surface area contributed by atoms with Gasteiger partial charge in [-0.3, -0.25) is 9.78 Å². The van der Waals surface area contributed by atoms with E-state index in [-0.39, 0.29) is 5.56 Å². The van der Waals surface area contributed by atoms with Crippen molar-refractivity contribution in [3.8, 4) is 11.5 Å². The van der Waals surface area contributed by atoms with E-state index in [0.717, 1.165) is 11.1 Å². The first-order chi connectivity index (χ1) is 14.1. The maximum Gasteiger partial charge on any atom is 0.252 e. The zero-order valence-electron chi connectivity index (χ0n) is 16.7. The molecule has 3 rings (SSSR count). The molecule has 0 saturated heterocycles. The first-order valence-corrected chi connectivity index (χ1v) is 9.33. The highest BCUT2D eigenvalue weighted by Crippen LogP contribution is 2.28. The highest BCUT2D eigenvalue weighted by atomic mass is 16.5.